The van der Waals surface area contributed by atoms with E-state index in [-0.39, 0.29) is 83.4 Å². The largest absolute Gasteiger partial charge is 0.375 e. The Kier molecular flexibility index (Phi) is 27.7. The van der Waals surface area contributed by atoms with E-state index in [0.29, 0.717) is 88.1 Å². The van der Waals surface area contributed by atoms with Gasteiger partial charge in [0.1, 0.15) is 17.1 Å². The molecule has 0 saturated heterocycles. The number of halogens is 1. The predicted octanol–water partition coefficient (Wildman–Crippen LogP) is 13.7. The number of aliphatic hydroxyl groups is 4. The number of benzene rings is 6. The van der Waals surface area contributed by atoms with Gasteiger partial charge in [-0.15, -0.1) is 0 Å². The summed E-state index contributed by atoms with van der Waals surface area (Å²) >= 11 is 6.13. The van der Waals surface area contributed by atoms with Crippen molar-refractivity contribution in [2.75, 3.05) is 46.3 Å². The number of para-hydroxylation sites is 3. The highest BCUT2D eigenvalue weighted by Gasteiger charge is 2.54. The number of carbonyl (C=O) groups excluding carboxylic acids is 8. The SMILES string of the molecule is C.C.C.C.CCCCN1C(=O)C(O)(CC(=O)c2ccccn2)c2ccccc21.CN1C(=O)C(O)(CC(=O)c2ccccn2)c2ccccc21.O=C(CC1(O)C(=O)N(CCc2ccccc2)c2ccc(Cl)cc21)c1ccccn1.O=C(CC1(O)C(=O)N(CCc2ccccc2)c2ccccc21)c1cccnc1. The number of ketones is 4. The molecule has 0 bridgehead atoms. The lowest BCUT2D eigenvalue weighted by molar-refractivity contribution is -0.136. The molecular weight excluding hydrogens is 1360 g/mol. The van der Waals surface area contributed by atoms with E-state index in [1.54, 1.807) is 157 Å². The molecule has 0 radical (unpaired) electrons. The first-order valence-corrected chi connectivity index (χ1v) is 33.6. The van der Waals surface area contributed by atoms with Gasteiger partial charge >= 0.3 is 0 Å². The monoisotopic (exact) mass is 1450 g/mol. The number of carbonyl (C=O) groups is 8. The highest BCUT2D eigenvalue weighted by molar-refractivity contribution is 6.31. The first-order chi connectivity index (χ1) is 49.2. The second-order valence-corrected chi connectivity index (χ2v) is 25.4. The van der Waals surface area contributed by atoms with E-state index in [9.17, 15) is 58.8 Å². The average molecular weight is 1450 g/mol. The first kappa shape index (κ1) is 81.9. The van der Waals surface area contributed by atoms with Crippen LogP contribution in [0.1, 0.15) is 150 Å². The molecule has 4 amide bonds. The number of nitrogens with zero attached hydrogens (tertiary/aromatic N) is 8. The van der Waals surface area contributed by atoms with E-state index in [2.05, 4.69) is 19.9 Å². The molecule has 4 atom stereocenters. The summed E-state index contributed by atoms with van der Waals surface area (Å²) in [7, 11) is 1.59. The molecule has 20 nitrogen and oxygen atoms in total. The number of likely N-dealkylation sites (N-methyl/N-ethyl adjacent to an activating group) is 1. The molecule has 4 unspecified atom stereocenters. The number of unbranched alkanes of at least 4 members (excludes halogenated alkanes) is 1. The van der Waals surface area contributed by atoms with Gasteiger partial charge in [-0.05, 0) is 115 Å². The van der Waals surface area contributed by atoms with Crippen LogP contribution in [-0.4, -0.2) is 114 Å². The van der Waals surface area contributed by atoms with Crippen molar-refractivity contribution in [3.8, 4) is 0 Å². The number of aromatic nitrogens is 4. The number of pyridine rings is 4. The zero-order valence-corrected chi connectivity index (χ0v) is 56.7. The van der Waals surface area contributed by atoms with Crippen molar-refractivity contribution in [3.05, 3.63) is 310 Å². The molecule has 4 aromatic heterocycles. The highest BCUT2D eigenvalue weighted by atomic mass is 35.5. The average Bonchev–Trinajstić information content (AvgIpc) is 1.61. The topological polar surface area (TPSA) is 282 Å². The lowest BCUT2D eigenvalue weighted by Crippen LogP contribution is -2.42. The fraction of sp³-hybridized carbons (Fsp3) is 0.247. The summed E-state index contributed by atoms with van der Waals surface area (Å²) in [5.74, 6) is -3.33. The van der Waals surface area contributed by atoms with Gasteiger partial charge in [-0.25, -0.2) is 0 Å². The minimum Gasteiger partial charge on any atom is -0.375 e. The molecule has 0 spiro atoms. The van der Waals surface area contributed by atoms with Crippen molar-refractivity contribution in [2.24, 2.45) is 0 Å². The molecule has 4 N–H and O–H groups in total. The molecule has 0 fully saturated rings. The summed E-state index contributed by atoms with van der Waals surface area (Å²) < 4.78 is 0. The normalized spacial score (nSPS) is 18.2. The van der Waals surface area contributed by atoms with E-state index in [1.807, 2.05) is 91.9 Å². The Hall–Kier alpha value is -11.4. The van der Waals surface area contributed by atoms with Crippen molar-refractivity contribution in [3.63, 3.8) is 0 Å². The van der Waals surface area contributed by atoms with Crippen LogP contribution in [-0.2, 0) is 54.4 Å². The smallest absolute Gasteiger partial charge is 0.264 e. The van der Waals surface area contributed by atoms with Gasteiger partial charge in [-0.1, -0.05) is 188 Å². The van der Waals surface area contributed by atoms with Crippen LogP contribution in [0.25, 0.3) is 0 Å². The minimum absolute atomic E-state index is 0. The Morgan fingerprint density at radius 3 is 1.15 bits per heavy atom. The van der Waals surface area contributed by atoms with Crippen LogP contribution in [0, 0.1) is 0 Å². The third kappa shape index (κ3) is 17.2. The summed E-state index contributed by atoms with van der Waals surface area (Å²) in [6, 6.07) is 64.0. The lowest BCUT2D eigenvalue weighted by Gasteiger charge is -2.22. The molecule has 4 aliphatic heterocycles. The van der Waals surface area contributed by atoms with Crippen molar-refractivity contribution < 1.29 is 58.8 Å². The Balaban J connectivity index is 0.000000196. The fourth-order valence-corrected chi connectivity index (χ4v) is 13.2. The second-order valence-electron chi connectivity index (χ2n) is 25.0. The third-order valence-corrected chi connectivity index (χ3v) is 18.5. The van der Waals surface area contributed by atoms with Gasteiger partial charge in [-0.3, -0.25) is 58.3 Å². The molecule has 106 heavy (non-hydrogen) atoms. The Labute approximate surface area is 623 Å². The van der Waals surface area contributed by atoms with E-state index >= 15 is 0 Å². The molecule has 21 heteroatoms. The Morgan fingerprint density at radius 2 is 0.745 bits per heavy atom. The van der Waals surface area contributed by atoms with Crippen LogP contribution in [0.2, 0.25) is 5.02 Å². The molecule has 8 heterocycles. The van der Waals surface area contributed by atoms with Crippen LogP contribution < -0.4 is 19.6 Å². The minimum atomic E-state index is -1.97. The number of hydrogen-bond donors (Lipinski definition) is 4. The standard InChI is InChI=1S/C23H19ClN2O3.C23H20N2O3.C19H20N2O3.C16H14N2O3.4CH4/c24-17-9-10-20-18(14-17)23(29,15-21(27)19-8-4-5-12-25-19)22(28)26(20)13-11-16-6-2-1-3-7-16;26-21(18-9-6-13-24-16-18)15-23(28)19-10-4-5-11-20(19)25(22(23)27)14-12-17-7-2-1-3-8-17;1-2-3-12-21-16-10-5-4-8-14(16)19(24,18(21)23)13-17(22)15-9-6-7-11-20-15;1-18-13-8-3-2-6-11(13)16(21,15(18)20)10-14(19)12-7-4-5-9-17-12;;;;/h1-10,12,14,29H,11,13,15H2;1-11,13,16,28H,12,14-15H2;4-11,24H,2-3,12-13H2,1H3;2-9,21H,10H2,1H3;4*1H4. The zero-order chi connectivity index (χ0) is 72.2. The van der Waals surface area contributed by atoms with Crippen molar-refractivity contribution in [1.82, 2.24) is 19.9 Å². The lowest BCUT2D eigenvalue weighted by atomic mass is 9.88. The van der Waals surface area contributed by atoms with Crippen LogP contribution in [0.15, 0.2) is 249 Å². The summed E-state index contributed by atoms with van der Waals surface area (Å²) in [6.45, 7) is 3.40. The third-order valence-electron chi connectivity index (χ3n) is 18.3. The number of amides is 4. The van der Waals surface area contributed by atoms with E-state index < -0.39 is 58.2 Å². The Morgan fingerprint density at radius 1 is 0.387 bits per heavy atom. The van der Waals surface area contributed by atoms with Crippen molar-refractivity contribution in [1.29, 1.82) is 0 Å². The molecule has 0 saturated carbocycles. The molecule has 4 aliphatic rings. The fourth-order valence-electron chi connectivity index (χ4n) is 13.0. The van der Waals surface area contributed by atoms with Crippen LogP contribution in [0.5, 0.6) is 0 Å². The van der Waals surface area contributed by atoms with E-state index in [1.165, 1.54) is 34.6 Å². The van der Waals surface area contributed by atoms with Crippen LogP contribution in [0.4, 0.5) is 22.7 Å². The molecule has 10 aromatic rings. The van der Waals surface area contributed by atoms with Crippen LogP contribution >= 0.6 is 11.6 Å². The summed E-state index contributed by atoms with van der Waals surface area (Å²) in [4.78, 5) is 124. The van der Waals surface area contributed by atoms with Gasteiger partial charge in [-0.2, -0.15) is 0 Å². The summed E-state index contributed by atoms with van der Waals surface area (Å²) in [6.07, 6.45) is 9.31. The highest BCUT2D eigenvalue weighted by Crippen LogP contribution is 2.47. The summed E-state index contributed by atoms with van der Waals surface area (Å²) in [5.41, 5.74) is 0.130. The zero-order valence-electron chi connectivity index (χ0n) is 56.0. The van der Waals surface area contributed by atoms with Crippen molar-refractivity contribution in [2.45, 2.75) is 110 Å². The number of hydrogen-bond acceptors (Lipinski definition) is 16. The van der Waals surface area contributed by atoms with Gasteiger partial charge in [0.25, 0.3) is 23.6 Å². The van der Waals surface area contributed by atoms with E-state index in [4.69, 9.17) is 11.6 Å². The van der Waals surface area contributed by atoms with Gasteiger partial charge in [0.05, 0.1) is 48.4 Å². The predicted molar refractivity (Wildman–Crippen MR) is 412 cm³/mol. The van der Waals surface area contributed by atoms with Crippen LogP contribution in [0.3, 0.4) is 0 Å². The van der Waals surface area contributed by atoms with Gasteiger partial charge in [0, 0.05) is 90.5 Å². The number of Topliss-reactive ketones (excluding diaryl/α,β-unsaturated/α-hetero) is 4. The maximum Gasteiger partial charge on any atom is 0.264 e. The molecule has 14 rings (SSSR count). The number of fused-ring (bicyclic) bond motifs is 4. The van der Waals surface area contributed by atoms with Gasteiger partial charge < -0.3 is 40.0 Å². The molecular formula is C85H89ClN8O12. The Bertz CT molecular complexity index is 4720. The number of anilines is 4. The maximum absolute atomic E-state index is 13.2. The summed E-state index contributed by atoms with van der Waals surface area (Å²) in [5, 5.41) is 44.9. The van der Waals surface area contributed by atoms with E-state index in [0.717, 1.165) is 24.0 Å². The molecule has 548 valence electrons. The number of rotatable bonds is 21. The molecule has 6 aromatic carbocycles. The first-order valence-electron chi connectivity index (χ1n) is 33.3. The van der Waals surface area contributed by atoms with Gasteiger partial charge in [0.2, 0.25) is 0 Å². The molecule has 0 aliphatic carbocycles. The van der Waals surface area contributed by atoms with Crippen molar-refractivity contribution >= 4 is 81.1 Å². The maximum atomic E-state index is 13.2. The second kappa shape index (κ2) is 35.9. The van der Waals surface area contributed by atoms with Gasteiger partial charge in [0.15, 0.2) is 45.5 Å². The quantitative estimate of drug-likeness (QED) is 0.0486.